The molecule has 2 unspecified atom stereocenters. The Morgan fingerprint density at radius 1 is 0.810 bits per heavy atom. The summed E-state index contributed by atoms with van der Waals surface area (Å²) in [6, 6.07) is 25.4. The molecule has 0 radical (unpaired) electrons. The number of benzene rings is 3. The lowest BCUT2D eigenvalue weighted by Gasteiger charge is -2.19. The molecule has 1 heteroatoms. The molecule has 0 bridgehead atoms. The standard InChI is InChI=1S/C20H19Cl/c1-15(20(21)17-9-3-2-4-10-17)14-18-12-7-11-16-8-5-6-13-19(16)18/h2-13,15,20H,14H2,1H3. The van der Waals surface area contributed by atoms with Crippen LogP contribution in [0.5, 0.6) is 0 Å². The topological polar surface area (TPSA) is 0 Å². The van der Waals surface area contributed by atoms with E-state index in [9.17, 15) is 0 Å². The Kier molecular flexibility index (Phi) is 4.26. The number of fused-ring (bicyclic) bond motifs is 1. The van der Waals surface area contributed by atoms with Crippen molar-refractivity contribution in [2.75, 3.05) is 0 Å². The predicted molar refractivity (Wildman–Crippen MR) is 91.9 cm³/mol. The molecule has 0 fully saturated rings. The molecule has 0 aliphatic heterocycles. The van der Waals surface area contributed by atoms with Crippen LogP contribution in [-0.4, -0.2) is 0 Å². The molecule has 3 aromatic rings. The second-order valence-corrected chi connectivity index (χ2v) is 6.10. The number of hydrogen-bond donors (Lipinski definition) is 0. The van der Waals surface area contributed by atoms with E-state index in [1.807, 2.05) is 6.07 Å². The highest BCUT2D eigenvalue weighted by molar-refractivity contribution is 6.21. The van der Waals surface area contributed by atoms with Crippen LogP contribution in [0.3, 0.4) is 0 Å². The van der Waals surface area contributed by atoms with Crippen molar-refractivity contribution >= 4 is 22.4 Å². The molecule has 0 amide bonds. The van der Waals surface area contributed by atoms with Crippen LogP contribution in [0.1, 0.15) is 23.4 Å². The summed E-state index contributed by atoms with van der Waals surface area (Å²) >= 11 is 6.66. The normalized spacial score (nSPS) is 14.0. The van der Waals surface area contributed by atoms with Gasteiger partial charge in [0.1, 0.15) is 0 Å². The summed E-state index contributed by atoms with van der Waals surface area (Å²) in [7, 11) is 0. The van der Waals surface area contributed by atoms with E-state index in [0.717, 1.165) is 6.42 Å². The van der Waals surface area contributed by atoms with Crippen molar-refractivity contribution in [3.63, 3.8) is 0 Å². The number of alkyl halides is 1. The summed E-state index contributed by atoms with van der Waals surface area (Å²) in [6.45, 7) is 2.23. The van der Waals surface area contributed by atoms with Crippen LogP contribution < -0.4 is 0 Å². The Bertz CT molecular complexity index is 713. The summed E-state index contributed by atoms with van der Waals surface area (Å²) in [5, 5.41) is 2.68. The third-order valence-corrected chi connectivity index (χ3v) is 4.72. The molecule has 0 nitrogen and oxygen atoms in total. The van der Waals surface area contributed by atoms with Crippen molar-refractivity contribution in [1.82, 2.24) is 0 Å². The van der Waals surface area contributed by atoms with Gasteiger partial charge in [-0.25, -0.2) is 0 Å². The molecule has 106 valence electrons. The van der Waals surface area contributed by atoms with Gasteiger partial charge < -0.3 is 0 Å². The van der Waals surface area contributed by atoms with Gasteiger partial charge in [-0.2, -0.15) is 0 Å². The summed E-state index contributed by atoms with van der Waals surface area (Å²) in [6.07, 6.45) is 0.990. The molecule has 0 saturated heterocycles. The van der Waals surface area contributed by atoms with E-state index < -0.39 is 0 Å². The molecular formula is C20H19Cl. The van der Waals surface area contributed by atoms with Crippen LogP contribution in [0.4, 0.5) is 0 Å². The smallest absolute Gasteiger partial charge is 0.0613 e. The second kappa shape index (κ2) is 6.32. The first-order valence-electron chi connectivity index (χ1n) is 7.41. The molecule has 0 aliphatic rings. The van der Waals surface area contributed by atoms with E-state index in [4.69, 9.17) is 11.6 Å². The Hall–Kier alpha value is -1.79. The lowest BCUT2D eigenvalue weighted by molar-refractivity contribution is 0.560. The van der Waals surface area contributed by atoms with Gasteiger partial charge in [0.15, 0.2) is 0 Å². The van der Waals surface area contributed by atoms with E-state index in [1.54, 1.807) is 0 Å². The van der Waals surface area contributed by atoms with E-state index in [0.29, 0.717) is 5.92 Å². The number of rotatable bonds is 4. The minimum Gasteiger partial charge on any atom is -0.118 e. The average Bonchev–Trinajstić information content (AvgIpc) is 2.55. The Balaban J connectivity index is 1.85. The van der Waals surface area contributed by atoms with Crippen LogP contribution >= 0.6 is 11.6 Å². The summed E-state index contributed by atoms with van der Waals surface area (Å²) in [4.78, 5) is 0. The van der Waals surface area contributed by atoms with E-state index in [-0.39, 0.29) is 5.38 Å². The highest BCUT2D eigenvalue weighted by atomic mass is 35.5. The van der Waals surface area contributed by atoms with Gasteiger partial charge in [0.2, 0.25) is 0 Å². The van der Waals surface area contributed by atoms with Gasteiger partial charge in [-0.05, 0) is 34.2 Å². The maximum atomic E-state index is 6.66. The fraction of sp³-hybridized carbons (Fsp3) is 0.200. The summed E-state index contributed by atoms with van der Waals surface area (Å²) in [5.74, 6) is 0.389. The van der Waals surface area contributed by atoms with Crippen LogP contribution in [-0.2, 0) is 6.42 Å². The van der Waals surface area contributed by atoms with Crippen molar-refractivity contribution in [2.24, 2.45) is 5.92 Å². The van der Waals surface area contributed by atoms with Crippen molar-refractivity contribution in [1.29, 1.82) is 0 Å². The molecule has 0 aliphatic carbocycles. The molecule has 0 N–H and O–H groups in total. The third-order valence-electron chi connectivity index (χ3n) is 4.04. The quantitative estimate of drug-likeness (QED) is 0.518. The zero-order chi connectivity index (χ0) is 14.7. The zero-order valence-corrected chi connectivity index (χ0v) is 12.9. The first-order chi connectivity index (χ1) is 10.3. The third kappa shape index (κ3) is 3.11. The Morgan fingerprint density at radius 3 is 2.29 bits per heavy atom. The highest BCUT2D eigenvalue weighted by Gasteiger charge is 2.17. The number of halogens is 1. The van der Waals surface area contributed by atoms with E-state index >= 15 is 0 Å². The van der Waals surface area contributed by atoms with Gasteiger partial charge in [0.05, 0.1) is 5.38 Å². The van der Waals surface area contributed by atoms with Gasteiger partial charge in [-0.1, -0.05) is 79.7 Å². The summed E-state index contributed by atoms with van der Waals surface area (Å²) in [5.41, 5.74) is 2.58. The molecule has 0 spiro atoms. The molecule has 3 rings (SSSR count). The Labute approximate surface area is 131 Å². The zero-order valence-electron chi connectivity index (χ0n) is 12.2. The lowest BCUT2D eigenvalue weighted by Crippen LogP contribution is -2.07. The summed E-state index contributed by atoms with van der Waals surface area (Å²) < 4.78 is 0. The second-order valence-electron chi connectivity index (χ2n) is 5.63. The van der Waals surface area contributed by atoms with Crippen molar-refractivity contribution in [3.8, 4) is 0 Å². The van der Waals surface area contributed by atoms with Crippen LogP contribution in [0.25, 0.3) is 10.8 Å². The largest absolute Gasteiger partial charge is 0.118 e. The van der Waals surface area contributed by atoms with Gasteiger partial charge in [0.25, 0.3) is 0 Å². The SMILES string of the molecule is CC(Cc1cccc2ccccc12)C(Cl)c1ccccc1. The monoisotopic (exact) mass is 294 g/mol. The van der Waals surface area contributed by atoms with Gasteiger partial charge in [-0.3, -0.25) is 0 Å². The predicted octanol–water partition coefficient (Wildman–Crippen LogP) is 6.00. The molecular weight excluding hydrogens is 276 g/mol. The Morgan fingerprint density at radius 2 is 1.48 bits per heavy atom. The molecule has 2 atom stereocenters. The first kappa shape index (κ1) is 14.2. The van der Waals surface area contributed by atoms with Crippen LogP contribution in [0, 0.1) is 5.92 Å². The average molecular weight is 295 g/mol. The van der Waals surface area contributed by atoms with Crippen LogP contribution in [0.15, 0.2) is 72.8 Å². The minimum absolute atomic E-state index is 0.0465. The fourth-order valence-corrected chi connectivity index (χ4v) is 3.12. The molecule has 21 heavy (non-hydrogen) atoms. The van der Waals surface area contributed by atoms with Gasteiger partial charge in [0, 0.05) is 0 Å². The van der Waals surface area contributed by atoms with Crippen molar-refractivity contribution in [2.45, 2.75) is 18.7 Å². The minimum atomic E-state index is 0.0465. The maximum Gasteiger partial charge on any atom is 0.0613 e. The highest BCUT2D eigenvalue weighted by Crippen LogP contribution is 2.32. The maximum absolute atomic E-state index is 6.66. The fourth-order valence-electron chi connectivity index (χ4n) is 2.89. The number of hydrogen-bond acceptors (Lipinski definition) is 0. The molecule has 3 aromatic carbocycles. The van der Waals surface area contributed by atoms with Gasteiger partial charge >= 0.3 is 0 Å². The van der Waals surface area contributed by atoms with Gasteiger partial charge in [-0.15, -0.1) is 11.6 Å². The molecule has 0 saturated carbocycles. The van der Waals surface area contributed by atoms with Crippen molar-refractivity contribution < 1.29 is 0 Å². The van der Waals surface area contributed by atoms with Crippen molar-refractivity contribution in [3.05, 3.63) is 83.9 Å². The lowest BCUT2D eigenvalue weighted by atomic mass is 9.91. The van der Waals surface area contributed by atoms with Crippen LogP contribution in [0.2, 0.25) is 0 Å². The molecule has 0 heterocycles. The van der Waals surface area contributed by atoms with E-state index in [1.165, 1.54) is 21.9 Å². The molecule has 0 aromatic heterocycles. The van der Waals surface area contributed by atoms with E-state index in [2.05, 4.69) is 73.7 Å². The first-order valence-corrected chi connectivity index (χ1v) is 7.85.